The Kier molecular flexibility index (Phi) is 7.40. The van der Waals surface area contributed by atoms with E-state index >= 15 is 0 Å². The van der Waals surface area contributed by atoms with Gasteiger partial charge in [-0.05, 0) is 19.1 Å². The summed E-state index contributed by atoms with van der Waals surface area (Å²) in [5.41, 5.74) is 0. The van der Waals surface area contributed by atoms with E-state index in [4.69, 9.17) is 0 Å². The second kappa shape index (κ2) is 8.58. The van der Waals surface area contributed by atoms with Gasteiger partial charge in [-0.1, -0.05) is 12.1 Å². The minimum absolute atomic E-state index is 0. The third-order valence-corrected chi connectivity index (χ3v) is 5.07. The molecule has 1 heterocycles. The Balaban J connectivity index is 0.00000264. The number of carbonyl (C=O) groups excluding carboxylic acids is 1. The quantitative estimate of drug-likeness (QED) is 0.806. The van der Waals surface area contributed by atoms with E-state index in [1.165, 1.54) is 18.2 Å². The van der Waals surface area contributed by atoms with Crippen LogP contribution in [0.15, 0.2) is 29.2 Å². The molecule has 0 radical (unpaired) electrons. The summed E-state index contributed by atoms with van der Waals surface area (Å²) in [5, 5.41) is 3.18. The fraction of sp³-hybridized carbons (Fsp3) is 0.500. The second-order valence-electron chi connectivity index (χ2n) is 5.22. The van der Waals surface area contributed by atoms with Crippen LogP contribution in [0.5, 0.6) is 0 Å². The molecule has 1 atom stereocenters. The lowest BCUT2D eigenvalue weighted by molar-refractivity contribution is -0.133. The largest absolute Gasteiger partial charge is 0.337 e. The third-order valence-electron chi connectivity index (χ3n) is 3.58. The fourth-order valence-electron chi connectivity index (χ4n) is 2.39. The number of sulfonamides is 1. The molecule has 1 fully saturated rings. The minimum Gasteiger partial charge on any atom is -0.337 e. The van der Waals surface area contributed by atoms with Gasteiger partial charge >= 0.3 is 0 Å². The topological polar surface area (TPSA) is 78.5 Å². The first-order valence-electron chi connectivity index (χ1n) is 7.16. The van der Waals surface area contributed by atoms with Crippen molar-refractivity contribution in [3.05, 3.63) is 30.1 Å². The van der Waals surface area contributed by atoms with Gasteiger partial charge in [0.2, 0.25) is 15.9 Å². The molecule has 1 saturated heterocycles. The Labute approximate surface area is 141 Å². The van der Waals surface area contributed by atoms with E-state index in [0.717, 1.165) is 19.2 Å². The zero-order chi connectivity index (χ0) is 16.2. The summed E-state index contributed by atoms with van der Waals surface area (Å²) in [6.45, 7) is 3.96. The lowest BCUT2D eigenvalue weighted by atomic mass is 10.2. The van der Waals surface area contributed by atoms with Gasteiger partial charge in [0.25, 0.3) is 0 Å². The highest BCUT2D eigenvalue weighted by Crippen LogP contribution is 2.13. The SMILES string of the molecule is CC1CNCCN1C(=O)CCNS(=O)(=O)c1ccccc1F.Cl. The molecular formula is C14H21ClFN3O3S. The van der Waals surface area contributed by atoms with Crippen molar-refractivity contribution >= 4 is 28.3 Å². The molecule has 1 aromatic carbocycles. The zero-order valence-corrected chi connectivity index (χ0v) is 14.4. The van der Waals surface area contributed by atoms with E-state index in [1.807, 2.05) is 6.92 Å². The van der Waals surface area contributed by atoms with Crippen molar-refractivity contribution < 1.29 is 17.6 Å². The van der Waals surface area contributed by atoms with Gasteiger partial charge in [0, 0.05) is 38.6 Å². The van der Waals surface area contributed by atoms with Gasteiger partial charge in [-0.25, -0.2) is 17.5 Å². The fourth-order valence-corrected chi connectivity index (χ4v) is 3.50. The Morgan fingerprint density at radius 1 is 1.43 bits per heavy atom. The van der Waals surface area contributed by atoms with E-state index in [1.54, 1.807) is 4.90 Å². The molecule has 2 N–H and O–H groups in total. The molecule has 0 aliphatic carbocycles. The number of benzene rings is 1. The van der Waals surface area contributed by atoms with Gasteiger partial charge in [0.05, 0.1) is 0 Å². The summed E-state index contributed by atoms with van der Waals surface area (Å²) in [4.78, 5) is 13.4. The first-order chi connectivity index (χ1) is 10.4. The van der Waals surface area contributed by atoms with Gasteiger partial charge in [-0.3, -0.25) is 4.79 Å². The Morgan fingerprint density at radius 2 is 2.13 bits per heavy atom. The molecule has 0 saturated carbocycles. The van der Waals surface area contributed by atoms with Crippen LogP contribution in [-0.2, 0) is 14.8 Å². The summed E-state index contributed by atoms with van der Waals surface area (Å²) in [6.07, 6.45) is 0.0536. The highest BCUT2D eigenvalue weighted by atomic mass is 35.5. The molecule has 9 heteroatoms. The Bertz CT molecular complexity index is 642. The van der Waals surface area contributed by atoms with E-state index in [0.29, 0.717) is 6.54 Å². The summed E-state index contributed by atoms with van der Waals surface area (Å²) in [6, 6.07) is 5.24. The maximum absolute atomic E-state index is 13.5. The first kappa shape index (κ1) is 19.8. The number of piperazine rings is 1. The Morgan fingerprint density at radius 3 is 2.78 bits per heavy atom. The number of halogens is 2. The van der Waals surface area contributed by atoms with Crippen molar-refractivity contribution in [2.75, 3.05) is 26.2 Å². The van der Waals surface area contributed by atoms with Crippen molar-refractivity contribution in [1.29, 1.82) is 0 Å². The number of carbonyl (C=O) groups is 1. The predicted molar refractivity (Wildman–Crippen MR) is 87.5 cm³/mol. The number of nitrogens with one attached hydrogen (secondary N) is 2. The van der Waals surface area contributed by atoms with Crippen molar-refractivity contribution in [1.82, 2.24) is 14.9 Å². The van der Waals surface area contributed by atoms with Crippen LogP contribution in [0.4, 0.5) is 4.39 Å². The van der Waals surface area contributed by atoms with E-state index in [-0.39, 0.29) is 37.3 Å². The molecule has 1 aliphatic heterocycles. The summed E-state index contributed by atoms with van der Waals surface area (Å²) in [7, 11) is -3.94. The first-order valence-corrected chi connectivity index (χ1v) is 8.64. The van der Waals surface area contributed by atoms with Crippen LogP contribution in [0.2, 0.25) is 0 Å². The summed E-state index contributed by atoms with van der Waals surface area (Å²) < 4.78 is 39.8. The van der Waals surface area contributed by atoms with Gasteiger partial charge in [0.1, 0.15) is 10.7 Å². The van der Waals surface area contributed by atoms with Crippen LogP contribution in [0, 0.1) is 5.82 Å². The van der Waals surface area contributed by atoms with E-state index in [9.17, 15) is 17.6 Å². The van der Waals surface area contributed by atoms with Crippen molar-refractivity contribution in [2.24, 2.45) is 0 Å². The molecule has 1 aliphatic rings. The molecule has 2 rings (SSSR count). The van der Waals surface area contributed by atoms with Crippen molar-refractivity contribution in [3.8, 4) is 0 Å². The monoisotopic (exact) mass is 365 g/mol. The van der Waals surface area contributed by atoms with Crippen LogP contribution >= 0.6 is 12.4 Å². The molecule has 0 bridgehead atoms. The molecule has 0 aromatic heterocycles. The van der Waals surface area contributed by atoms with Gasteiger partial charge in [0.15, 0.2) is 0 Å². The van der Waals surface area contributed by atoms with Gasteiger partial charge < -0.3 is 10.2 Å². The average molecular weight is 366 g/mol. The number of hydrogen-bond donors (Lipinski definition) is 2. The molecule has 130 valence electrons. The summed E-state index contributed by atoms with van der Waals surface area (Å²) in [5.74, 6) is -0.915. The highest BCUT2D eigenvalue weighted by molar-refractivity contribution is 7.89. The molecule has 1 amide bonds. The van der Waals surface area contributed by atoms with Crippen LogP contribution in [0.3, 0.4) is 0 Å². The van der Waals surface area contributed by atoms with Crippen LogP contribution in [0.25, 0.3) is 0 Å². The predicted octanol–water partition coefficient (Wildman–Crippen LogP) is 0.736. The molecule has 1 aromatic rings. The number of rotatable bonds is 5. The average Bonchev–Trinajstić information content (AvgIpc) is 2.47. The molecule has 1 unspecified atom stereocenters. The van der Waals surface area contributed by atoms with E-state index in [2.05, 4.69) is 10.0 Å². The van der Waals surface area contributed by atoms with E-state index < -0.39 is 20.7 Å². The summed E-state index contributed by atoms with van der Waals surface area (Å²) >= 11 is 0. The maximum Gasteiger partial charge on any atom is 0.243 e. The number of amides is 1. The molecule has 6 nitrogen and oxygen atoms in total. The molecule has 23 heavy (non-hydrogen) atoms. The van der Waals surface area contributed by atoms with Crippen molar-refractivity contribution in [3.63, 3.8) is 0 Å². The zero-order valence-electron chi connectivity index (χ0n) is 12.8. The van der Waals surface area contributed by atoms with Gasteiger partial charge in [-0.15, -0.1) is 12.4 Å². The van der Waals surface area contributed by atoms with Crippen molar-refractivity contribution in [2.45, 2.75) is 24.3 Å². The number of hydrogen-bond acceptors (Lipinski definition) is 4. The third kappa shape index (κ3) is 5.13. The normalized spacial score (nSPS) is 18.3. The second-order valence-corrected chi connectivity index (χ2v) is 6.95. The minimum atomic E-state index is -3.94. The maximum atomic E-state index is 13.5. The highest BCUT2D eigenvalue weighted by Gasteiger charge is 2.23. The van der Waals surface area contributed by atoms with Crippen LogP contribution in [0.1, 0.15) is 13.3 Å². The van der Waals surface area contributed by atoms with Crippen LogP contribution < -0.4 is 10.0 Å². The lowest BCUT2D eigenvalue weighted by Crippen LogP contribution is -2.52. The Hall–Kier alpha value is -1.22. The molecular weight excluding hydrogens is 345 g/mol. The number of nitrogens with zero attached hydrogens (tertiary/aromatic N) is 1. The van der Waals surface area contributed by atoms with Gasteiger partial charge in [-0.2, -0.15) is 0 Å². The van der Waals surface area contributed by atoms with Crippen LogP contribution in [-0.4, -0.2) is 51.4 Å². The lowest BCUT2D eigenvalue weighted by Gasteiger charge is -2.34. The molecule has 0 spiro atoms. The standard InChI is InChI=1S/C14H20FN3O3S.ClH/c1-11-10-16-8-9-18(11)14(19)6-7-17-22(20,21)13-5-3-2-4-12(13)15;/h2-5,11,16-17H,6-10H2,1H3;1H. The smallest absolute Gasteiger partial charge is 0.243 e.